The van der Waals surface area contributed by atoms with Gasteiger partial charge in [-0.3, -0.25) is 0 Å². The average Bonchev–Trinajstić information content (AvgIpc) is 2.08. The van der Waals surface area contributed by atoms with Crippen LogP contribution in [0.3, 0.4) is 0 Å². The van der Waals surface area contributed by atoms with Gasteiger partial charge in [0.1, 0.15) is 5.75 Å². The quantitative estimate of drug-likeness (QED) is 0.658. The standard InChI is InChI=1S/C11H11ClO/c1-4-9-5-6-11(10(12)7-9)13-8(2)3/h1,5-8H,2-3H3. The first-order chi connectivity index (χ1) is 6.13. The highest BCUT2D eigenvalue weighted by Crippen LogP contribution is 2.25. The molecule has 0 aliphatic carbocycles. The molecule has 0 heterocycles. The van der Waals surface area contributed by atoms with Gasteiger partial charge in [0.15, 0.2) is 0 Å². The predicted octanol–water partition coefficient (Wildman–Crippen LogP) is 3.11. The van der Waals surface area contributed by atoms with Crippen molar-refractivity contribution in [2.75, 3.05) is 0 Å². The summed E-state index contributed by atoms with van der Waals surface area (Å²) < 4.78 is 5.44. The van der Waals surface area contributed by atoms with E-state index in [9.17, 15) is 0 Å². The summed E-state index contributed by atoms with van der Waals surface area (Å²) in [5.41, 5.74) is 0.765. The van der Waals surface area contributed by atoms with E-state index in [4.69, 9.17) is 22.8 Å². The summed E-state index contributed by atoms with van der Waals surface area (Å²) in [6.07, 6.45) is 5.34. The molecule has 0 N–H and O–H groups in total. The molecule has 0 saturated heterocycles. The maximum atomic E-state index is 5.93. The lowest BCUT2D eigenvalue weighted by molar-refractivity contribution is 0.242. The van der Waals surface area contributed by atoms with Gasteiger partial charge in [-0.2, -0.15) is 0 Å². The molecule has 0 saturated carbocycles. The number of hydrogen-bond donors (Lipinski definition) is 0. The van der Waals surface area contributed by atoms with Crippen LogP contribution in [0.4, 0.5) is 0 Å². The minimum atomic E-state index is 0.120. The second-order valence-corrected chi connectivity index (χ2v) is 3.36. The molecule has 1 rings (SSSR count). The van der Waals surface area contributed by atoms with Crippen LogP contribution in [0.2, 0.25) is 5.02 Å². The fourth-order valence-corrected chi connectivity index (χ4v) is 1.17. The third kappa shape index (κ3) is 2.68. The van der Waals surface area contributed by atoms with Crippen LogP contribution in [0, 0.1) is 12.3 Å². The molecular weight excluding hydrogens is 184 g/mol. The highest BCUT2D eigenvalue weighted by molar-refractivity contribution is 6.32. The number of terminal acetylenes is 1. The van der Waals surface area contributed by atoms with E-state index in [0.717, 1.165) is 5.56 Å². The molecule has 0 bridgehead atoms. The lowest BCUT2D eigenvalue weighted by Gasteiger charge is -2.10. The molecule has 13 heavy (non-hydrogen) atoms. The van der Waals surface area contributed by atoms with Crippen molar-refractivity contribution >= 4 is 11.6 Å². The van der Waals surface area contributed by atoms with Gasteiger partial charge in [-0.15, -0.1) is 6.42 Å². The van der Waals surface area contributed by atoms with Crippen molar-refractivity contribution in [2.45, 2.75) is 20.0 Å². The summed E-state index contributed by atoms with van der Waals surface area (Å²) in [5, 5.41) is 0.559. The van der Waals surface area contributed by atoms with Crippen molar-refractivity contribution < 1.29 is 4.74 Å². The van der Waals surface area contributed by atoms with Gasteiger partial charge in [0.2, 0.25) is 0 Å². The molecule has 0 atom stereocenters. The molecule has 0 aromatic heterocycles. The van der Waals surface area contributed by atoms with Gasteiger partial charge >= 0.3 is 0 Å². The smallest absolute Gasteiger partial charge is 0.138 e. The van der Waals surface area contributed by atoms with Gasteiger partial charge in [-0.25, -0.2) is 0 Å². The van der Waals surface area contributed by atoms with Crippen LogP contribution in [0.1, 0.15) is 19.4 Å². The molecule has 1 aromatic rings. The first kappa shape index (κ1) is 9.95. The van der Waals surface area contributed by atoms with Crippen LogP contribution in [-0.2, 0) is 0 Å². The topological polar surface area (TPSA) is 9.23 Å². The predicted molar refractivity (Wildman–Crippen MR) is 55.2 cm³/mol. The molecule has 0 aliphatic heterocycles. The summed E-state index contributed by atoms with van der Waals surface area (Å²) in [4.78, 5) is 0. The molecular formula is C11H11ClO. The lowest BCUT2D eigenvalue weighted by atomic mass is 10.2. The molecule has 0 radical (unpaired) electrons. The summed E-state index contributed by atoms with van der Waals surface area (Å²) in [6, 6.07) is 5.32. The minimum Gasteiger partial charge on any atom is -0.489 e. The molecule has 68 valence electrons. The zero-order chi connectivity index (χ0) is 9.84. The van der Waals surface area contributed by atoms with Gasteiger partial charge in [0.25, 0.3) is 0 Å². The SMILES string of the molecule is C#Cc1ccc(OC(C)C)c(Cl)c1. The van der Waals surface area contributed by atoms with Crippen LogP contribution in [0.5, 0.6) is 5.75 Å². The van der Waals surface area contributed by atoms with E-state index in [1.807, 2.05) is 19.9 Å². The highest BCUT2D eigenvalue weighted by Gasteiger charge is 2.03. The van der Waals surface area contributed by atoms with Crippen molar-refractivity contribution in [3.05, 3.63) is 28.8 Å². The number of ether oxygens (including phenoxy) is 1. The monoisotopic (exact) mass is 194 g/mol. The Morgan fingerprint density at radius 3 is 2.62 bits per heavy atom. The third-order valence-corrected chi connectivity index (χ3v) is 1.76. The Kier molecular flexibility index (Phi) is 3.22. The number of halogens is 1. The molecule has 1 nitrogen and oxygen atoms in total. The Morgan fingerprint density at radius 1 is 1.46 bits per heavy atom. The Labute approximate surface area is 83.7 Å². The van der Waals surface area contributed by atoms with E-state index in [-0.39, 0.29) is 6.10 Å². The van der Waals surface area contributed by atoms with E-state index in [1.165, 1.54) is 0 Å². The highest BCUT2D eigenvalue weighted by atomic mass is 35.5. The van der Waals surface area contributed by atoms with E-state index in [0.29, 0.717) is 10.8 Å². The zero-order valence-electron chi connectivity index (χ0n) is 7.67. The molecule has 0 aliphatic rings. The maximum Gasteiger partial charge on any atom is 0.138 e. The molecule has 0 spiro atoms. The Bertz CT molecular complexity index is 336. The molecule has 0 unspecified atom stereocenters. The summed E-state index contributed by atoms with van der Waals surface area (Å²) in [6.45, 7) is 3.90. The van der Waals surface area contributed by atoms with E-state index >= 15 is 0 Å². The fraction of sp³-hybridized carbons (Fsp3) is 0.273. The van der Waals surface area contributed by atoms with E-state index in [1.54, 1.807) is 12.1 Å². The van der Waals surface area contributed by atoms with Crippen molar-refractivity contribution in [1.29, 1.82) is 0 Å². The number of hydrogen-bond acceptors (Lipinski definition) is 1. The van der Waals surface area contributed by atoms with Gasteiger partial charge < -0.3 is 4.74 Å². The van der Waals surface area contributed by atoms with Gasteiger partial charge in [0, 0.05) is 5.56 Å². The van der Waals surface area contributed by atoms with Crippen molar-refractivity contribution in [3.63, 3.8) is 0 Å². The van der Waals surface area contributed by atoms with Crippen molar-refractivity contribution in [3.8, 4) is 18.1 Å². The minimum absolute atomic E-state index is 0.120. The third-order valence-electron chi connectivity index (χ3n) is 1.46. The van der Waals surface area contributed by atoms with Crippen LogP contribution >= 0.6 is 11.6 Å². The van der Waals surface area contributed by atoms with E-state index < -0.39 is 0 Å². The first-order valence-corrected chi connectivity index (χ1v) is 4.44. The summed E-state index contributed by atoms with van der Waals surface area (Å²) in [5.74, 6) is 3.18. The zero-order valence-corrected chi connectivity index (χ0v) is 8.43. The van der Waals surface area contributed by atoms with E-state index in [2.05, 4.69) is 5.92 Å². The van der Waals surface area contributed by atoms with Crippen molar-refractivity contribution in [2.24, 2.45) is 0 Å². The normalized spacial score (nSPS) is 9.77. The van der Waals surface area contributed by atoms with Gasteiger partial charge in [-0.05, 0) is 32.0 Å². The van der Waals surface area contributed by atoms with Gasteiger partial charge in [0.05, 0.1) is 11.1 Å². The second kappa shape index (κ2) is 4.20. The van der Waals surface area contributed by atoms with Crippen LogP contribution in [0.15, 0.2) is 18.2 Å². The van der Waals surface area contributed by atoms with Gasteiger partial charge in [-0.1, -0.05) is 17.5 Å². The maximum absolute atomic E-state index is 5.93. The molecule has 0 amide bonds. The lowest BCUT2D eigenvalue weighted by Crippen LogP contribution is -2.05. The summed E-state index contributed by atoms with van der Waals surface area (Å²) in [7, 11) is 0. The second-order valence-electron chi connectivity index (χ2n) is 2.96. The number of benzene rings is 1. The fourth-order valence-electron chi connectivity index (χ4n) is 0.940. The largest absolute Gasteiger partial charge is 0.489 e. The first-order valence-electron chi connectivity index (χ1n) is 4.06. The Hall–Kier alpha value is -1.13. The van der Waals surface area contributed by atoms with Crippen LogP contribution < -0.4 is 4.74 Å². The van der Waals surface area contributed by atoms with Crippen LogP contribution in [-0.4, -0.2) is 6.10 Å². The summed E-state index contributed by atoms with van der Waals surface area (Å²) >= 11 is 5.93. The van der Waals surface area contributed by atoms with Crippen LogP contribution in [0.25, 0.3) is 0 Å². The molecule has 2 heteroatoms. The Morgan fingerprint density at radius 2 is 2.15 bits per heavy atom. The average molecular weight is 195 g/mol. The number of rotatable bonds is 2. The Balaban J connectivity index is 2.93. The molecule has 0 fully saturated rings. The van der Waals surface area contributed by atoms with Crippen molar-refractivity contribution in [1.82, 2.24) is 0 Å². The molecule has 1 aromatic carbocycles.